The first-order valence-corrected chi connectivity index (χ1v) is 8.09. The van der Waals surface area contributed by atoms with Crippen molar-refractivity contribution < 1.29 is 18.9 Å². The van der Waals surface area contributed by atoms with Crippen LogP contribution in [0.2, 0.25) is 0 Å². The molecule has 23 heavy (non-hydrogen) atoms. The summed E-state index contributed by atoms with van der Waals surface area (Å²) in [5.41, 5.74) is 0. The number of ether oxygens (including phenoxy) is 4. The molecule has 0 bridgehead atoms. The van der Waals surface area contributed by atoms with Gasteiger partial charge in [-0.05, 0) is 56.2 Å². The summed E-state index contributed by atoms with van der Waals surface area (Å²) in [7, 11) is 0. The summed E-state index contributed by atoms with van der Waals surface area (Å²) >= 11 is 0. The number of hydrogen-bond acceptors (Lipinski definition) is 4. The van der Waals surface area contributed by atoms with Crippen molar-refractivity contribution in [2.75, 3.05) is 13.2 Å². The first-order valence-electron chi connectivity index (χ1n) is 8.09. The van der Waals surface area contributed by atoms with Crippen molar-refractivity contribution in [2.24, 2.45) is 0 Å². The molecule has 0 aromatic heterocycles. The van der Waals surface area contributed by atoms with Crippen molar-refractivity contribution in [1.29, 1.82) is 0 Å². The molecule has 4 nitrogen and oxygen atoms in total. The Kier molecular flexibility index (Phi) is 5.16. The van der Waals surface area contributed by atoms with Crippen LogP contribution in [-0.2, 0) is 9.47 Å². The Morgan fingerprint density at radius 1 is 0.913 bits per heavy atom. The topological polar surface area (TPSA) is 36.9 Å². The zero-order valence-corrected chi connectivity index (χ0v) is 13.4. The van der Waals surface area contributed by atoms with Gasteiger partial charge in [-0.2, -0.15) is 0 Å². The molecule has 1 aliphatic rings. The summed E-state index contributed by atoms with van der Waals surface area (Å²) in [5.74, 6) is 1.33. The van der Waals surface area contributed by atoms with Gasteiger partial charge < -0.3 is 18.9 Å². The highest BCUT2D eigenvalue weighted by Crippen LogP contribution is 2.31. The number of benzene rings is 2. The molecule has 1 atom stereocenters. The predicted molar refractivity (Wildman–Crippen MR) is 87.7 cm³/mol. The fraction of sp³-hybridized carbons (Fsp3) is 0.368. The fourth-order valence-corrected chi connectivity index (χ4v) is 2.57. The average molecular weight is 314 g/mol. The van der Waals surface area contributed by atoms with Gasteiger partial charge in [0.15, 0.2) is 0 Å². The van der Waals surface area contributed by atoms with Crippen molar-refractivity contribution >= 4 is 0 Å². The van der Waals surface area contributed by atoms with Crippen LogP contribution in [0.1, 0.15) is 26.2 Å². The van der Waals surface area contributed by atoms with Crippen LogP contribution in [0.4, 0.5) is 0 Å². The maximum absolute atomic E-state index is 5.99. The van der Waals surface area contributed by atoms with Crippen LogP contribution in [-0.4, -0.2) is 19.2 Å². The first kappa shape index (κ1) is 15.8. The largest absolute Gasteiger partial charge is 0.457 e. The molecule has 2 aromatic carbocycles. The zero-order chi connectivity index (χ0) is 16.0. The van der Waals surface area contributed by atoms with Gasteiger partial charge in [0, 0.05) is 6.42 Å². The van der Waals surface area contributed by atoms with E-state index in [9.17, 15) is 0 Å². The van der Waals surface area contributed by atoms with Gasteiger partial charge in [0.1, 0.15) is 17.2 Å². The first-order chi connectivity index (χ1) is 11.3. The van der Waals surface area contributed by atoms with Crippen molar-refractivity contribution in [1.82, 2.24) is 0 Å². The second kappa shape index (κ2) is 7.49. The fourth-order valence-electron chi connectivity index (χ4n) is 2.57. The van der Waals surface area contributed by atoms with Crippen LogP contribution >= 0.6 is 0 Å². The molecule has 0 saturated carbocycles. The minimum absolute atomic E-state index is 0.551. The van der Waals surface area contributed by atoms with Gasteiger partial charge in [0.25, 0.3) is 0 Å². The summed E-state index contributed by atoms with van der Waals surface area (Å²) in [5, 5.41) is 0. The van der Waals surface area contributed by atoms with E-state index >= 15 is 0 Å². The molecule has 1 heterocycles. The Bertz CT molecular complexity index is 583. The van der Waals surface area contributed by atoms with Crippen LogP contribution in [0.15, 0.2) is 54.6 Å². The van der Waals surface area contributed by atoms with E-state index in [1.807, 2.05) is 61.5 Å². The molecule has 0 spiro atoms. The van der Waals surface area contributed by atoms with Crippen LogP contribution in [0.5, 0.6) is 17.2 Å². The van der Waals surface area contributed by atoms with Gasteiger partial charge in [-0.25, -0.2) is 0 Å². The number of para-hydroxylation sites is 1. The molecule has 122 valence electrons. The molecular formula is C19H22O4. The Balaban J connectivity index is 1.66. The van der Waals surface area contributed by atoms with E-state index in [0.717, 1.165) is 30.8 Å². The monoisotopic (exact) mass is 314 g/mol. The SMILES string of the molecule is CCOC1(Oc2ccc(Oc3ccccc3)cc2)CCCCO1. The van der Waals surface area contributed by atoms with Gasteiger partial charge in [-0.1, -0.05) is 18.2 Å². The maximum Gasteiger partial charge on any atom is 0.326 e. The molecule has 0 amide bonds. The van der Waals surface area contributed by atoms with Crippen molar-refractivity contribution in [2.45, 2.75) is 32.2 Å². The molecule has 0 N–H and O–H groups in total. The van der Waals surface area contributed by atoms with Crippen molar-refractivity contribution in [3.05, 3.63) is 54.6 Å². The number of rotatable bonds is 6. The summed E-state index contributed by atoms with van der Waals surface area (Å²) in [6.07, 6.45) is 2.82. The third kappa shape index (κ3) is 4.24. The third-order valence-electron chi connectivity index (χ3n) is 3.64. The normalized spacial score (nSPS) is 20.9. The van der Waals surface area contributed by atoms with Crippen LogP contribution in [0.3, 0.4) is 0 Å². The lowest BCUT2D eigenvalue weighted by Gasteiger charge is -2.36. The molecule has 3 rings (SSSR count). The number of hydrogen-bond donors (Lipinski definition) is 0. The zero-order valence-electron chi connectivity index (χ0n) is 13.4. The summed E-state index contributed by atoms with van der Waals surface area (Å²) in [4.78, 5) is 0. The lowest BCUT2D eigenvalue weighted by atomic mass is 10.2. The van der Waals surface area contributed by atoms with Gasteiger partial charge in [-0.3, -0.25) is 0 Å². The molecule has 1 aliphatic heterocycles. The van der Waals surface area contributed by atoms with E-state index in [-0.39, 0.29) is 0 Å². The second-order valence-electron chi connectivity index (χ2n) is 5.41. The highest BCUT2D eigenvalue weighted by Gasteiger charge is 2.36. The van der Waals surface area contributed by atoms with Crippen LogP contribution in [0.25, 0.3) is 0 Å². The Morgan fingerprint density at radius 2 is 1.61 bits per heavy atom. The summed E-state index contributed by atoms with van der Waals surface area (Å²) < 4.78 is 23.3. The lowest BCUT2D eigenvalue weighted by molar-refractivity contribution is -0.355. The van der Waals surface area contributed by atoms with E-state index < -0.39 is 5.97 Å². The van der Waals surface area contributed by atoms with Crippen LogP contribution in [0, 0.1) is 0 Å². The predicted octanol–water partition coefficient (Wildman–Crippen LogP) is 4.75. The van der Waals surface area contributed by atoms with Gasteiger partial charge >= 0.3 is 5.97 Å². The quantitative estimate of drug-likeness (QED) is 0.721. The minimum Gasteiger partial charge on any atom is -0.457 e. The Hall–Kier alpha value is -2.04. The van der Waals surface area contributed by atoms with Crippen molar-refractivity contribution in [3.8, 4) is 17.2 Å². The molecular weight excluding hydrogens is 292 g/mol. The molecule has 1 saturated heterocycles. The van der Waals surface area contributed by atoms with Crippen LogP contribution < -0.4 is 9.47 Å². The highest BCUT2D eigenvalue weighted by molar-refractivity contribution is 5.35. The molecule has 2 aromatic rings. The molecule has 0 radical (unpaired) electrons. The van der Waals surface area contributed by atoms with E-state index in [1.165, 1.54) is 0 Å². The van der Waals surface area contributed by atoms with E-state index in [1.54, 1.807) is 0 Å². The van der Waals surface area contributed by atoms with E-state index in [2.05, 4.69) is 0 Å². The molecule has 4 heteroatoms. The Labute approximate surface area is 136 Å². The van der Waals surface area contributed by atoms with Gasteiger partial charge in [0.2, 0.25) is 0 Å². The minimum atomic E-state index is -0.950. The standard InChI is InChI=1S/C19H22O4/c1-2-20-19(14-6-7-15-21-19)23-18-12-10-17(11-13-18)22-16-8-4-3-5-9-16/h3-5,8-13H,2,6-7,14-15H2,1H3. The third-order valence-corrected chi connectivity index (χ3v) is 3.64. The summed E-state index contributed by atoms with van der Waals surface area (Å²) in [6.45, 7) is 3.16. The van der Waals surface area contributed by atoms with Crippen molar-refractivity contribution in [3.63, 3.8) is 0 Å². The highest BCUT2D eigenvalue weighted by atomic mass is 16.9. The maximum atomic E-state index is 5.99. The summed E-state index contributed by atoms with van der Waals surface area (Å²) in [6, 6.07) is 17.2. The Morgan fingerprint density at radius 3 is 2.26 bits per heavy atom. The molecule has 0 aliphatic carbocycles. The molecule has 1 unspecified atom stereocenters. The second-order valence-corrected chi connectivity index (χ2v) is 5.41. The smallest absolute Gasteiger partial charge is 0.326 e. The average Bonchev–Trinajstić information content (AvgIpc) is 2.59. The lowest BCUT2D eigenvalue weighted by Crippen LogP contribution is -2.44. The molecule has 1 fully saturated rings. The van der Waals surface area contributed by atoms with Gasteiger partial charge in [0.05, 0.1) is 13.2 Å². The van der Waals surface area contributed by atoms with Gasteiger partial charge in [-0.15, -0.1) is 0 Å². The van der Waals surface area contributed by atoms with E-state index in [0.29, 0.717) is 19.0 Å². The van der Waals surface area contributed by atoms with E-state index in [4.69, 9.17) is 18.9 Å².